The van der Waals surface area contributed by atoms with Crippen LogP contribution in [0.2, 0.25) is 0 Å². The molecule has 1 rings (SSSR count). The van der Waals surface area contributed by atoms with Crippen LogP contribution in [0.1, 0.15) is 77.6 Å². The summed E-state index contributed by atoms with van der Waals surface area (Å²) in [6, 6.07) is 0. The van der Waals surface area contributed by atoms with Gasteiger partial charge in [0.15, 0.2) is 0 Å². The van der Waals surface area contributed by atoms with Gasteiger partial charge in [0, 0.05) is 5.71 Å². The molecule has 0 bridgehead atoms. The van der Waals surface area contributed by atoms with Crippen LogP contribution < -0.4 is 5.43 Å². The number of hydrogen-bond acceptors (Lipinski definition) is 2. The van der Waals surface area contributed by atoms with E-state index < -0.39 is 0 Å². The molecule has 0 saturated carbocycles. The number of hydrazone groups is 1. The third kappa shape index (κ3) is 7.14. The van der Waals surface area contributed by atoms with Crippen molar-refractivity contribution in [3.05, 3.63) is 0 Å². The van der Waals surface area contributed by atoms with E-state index in [4.69, 9.17) is 0 Å². The Bertz CT molecular complexity index is 249. The molecule has 1 heterocycles. The van der Waals surface area contributed by atoms with Crippen LogP contribution in [-0.4, -0.2) is 11.6 Å². The third-order valence-corrected chi connectivity index (χ3v) is 3.27. The Hall–Kier alpha value is -0.860. The smallest absolute Gasteiger partial charge is 0.245 e. The molecular weight excluding hydrogens is 212 g/mol. The van der Waals surface area contributed by atoms with Gasteiger partial charge in [-0.05, 0) is 12.8 Å². The Morgan fingerprint density at radius 1 is 1.00 bits per heavy atom. The topological polar surface area (TPSA) is 41.5 Å². The van der Waals surface area contributed by atoms with E-state index in [1.807, 2.05) is 0 Å². The highest BCUT2D eigenvalue weighted by atomic mass is 16.2. The molecule has 0 aliphatic carbocycles. The molecule has 1 amide bonds. The van der Waals surface area contributed by atoms with Crippen LogP contribution in [0.4, 0.5) is 0 Å². The monoisotopic (exact) mass is 238 g/mol. The second kappa shape index (κ2) is 9.20. The fraction of sp³-hybridized carbons (Fsp3) is 0.857. The van der Waals surface area contributed by atoms with Crippen molar-refractivity contribution in [2.75, 3.05) is 0 Å². The lowest BCUT2D eigenvalue weighted by molar-refractivity contribution is -0.119. The van der Waals surface area contributed by atoms with Gasteiger partial charge in [-0.2, -0.15) is 5.10 Å². The highest BCUT2D eigenvalue weighted by Gasteiger charge is 2.13. The number of nitrogens with zero attached hydrogens (tertiary/aromatic N) is 1. The molecular formula is C14H26N2O. The highest BCUT2D eigenvalue weighted by Crippen LogP contribution is 2.12. The van der Waals surface area contributed by atoms with Crippen LogP contribution in [0.3, 0.4) is 0 Å². The van der Waals surface area contributed by atoms with Crippen molar-refractivity contribution in [2.45, 2.75) is 77.6 Å². The van der Waals surface area contributed by atoms with Gasteiger partial charge in [-0.3, -0.25) is 4.79 Å². The van der Waals surface area contributed by atoms with Crippen LogP contribution in [0.25, 0.3) is 0 Å². The molecule has 1 aliphatic rings. The van der Waals surface area contributed by atoms with E-state index in [1.54, 1.807) is 0 Å². The van der Waals surface area contributed by atoms with E-state index in [0.29, 0.717) is 6.42 Å². The van der Waals surface area contributed by atoms with Gasteiger partial charge in [0.05, 0.1) is 6.42 Å². The zero-order valence-electron chi connectivity index (χ0n) is 11.1. The highest BCUT2D eigenvalue weighted by molar-refractivity contribution is 6.04. The Kier molecular flexibility index (Phi) is 7.69. The molecule has 0 aromatic rings. The minimum atomic E-state index is 0.0518. The third-order valence-electron chi connectivity index (χ3n) is 3.27. The number of nitrogens with one attached hydrogen (secondary N) is 1. The lowest BCUT2D eigenvalue weighted by atomic mass is 10.0. The van der Waals surface area contributed by atoms with Crippen molar-refractivity contribution in [2.24, 2.45) is 5.10 Å². The van der Waals surface area contributed by atoms with Crippen LogP contribution in [0.5, 0.6) is 0 Å². The summed E-state index contributed by atoms with van der Waals surface area (Å²) in [5.41, 5.74) is 3.54. The Labute approximate surface area is 105 Å². The first-order chi connectivity index (χ1) is 8.33. The predicted octanol–water partition coefficient (Wildman–Crippen LogP) is 3.78. The average Bonchev–Trinajstić information content (AvgIpc) is 2.73. The number of amides is 1. The first-order valence-electron chi connectivity index (χ1n) is 7.17. The molecule has 3 nitrogen and oxygen atoms in total. The minimum absolute atomic E-state index is 0.0518. The van der Waals surface area contributed by atoms with Gasteiger partial charge in [-0.1, -0.05) is 58.3 Å². The quantitative estimate of drug-likeness (QED) is 0.578. The van der Waals surface area contributed by atoms with Crippen LogP contribution in [0, 0.1) is 0 Å². The molecule has 0 radical (unpaired) electrons. The van der Waals surface area contributed by atoms with Crippen molar-refractivity contribution >= 4 is 11.6 Å². The predicted molar refractivity (Wildman–Crippen MR) is 72.0 cm³/mol. The van der Waals surface area contributed by atoms with Crippen molar-refractivity contribution in [3.63, 3.8) is 0 Å². The summed E-state index contributed by atoms with van der Waals surface area (Å²) < 4.78 is 0. The summed E-state index contributed by atoms with van der Waals surface area (Å²) in [5.74, 6) is 0.0518. The molecule has 0 spiro atoms. The van der Waals surface area contributed by atoms with Gasteiger partial charge >= 0.3 is 0 Å². The maximum absolute atomic E-state index is 10.9. The van der Waals surface area contributed by atoms with E-state index in [-0.39, 0.29) is 5.91 Å². The van der Waals surface area contributed by atoms with Gasteiger partial charge in [0.25, 0.3) is 0 Å². The second-order valence-corrected chi connectivity index (χ2v) is 4.97. The Balaban J connectivity index is 1.80. The van der Waals surface area contributed by atoms with Gasteiger partial charge in [-0.15, -0.1) is 0 Å². The fourth-order valence-corrected chi connectivity index (χ4v) is 2.19. The molecule has 1 aliphatic heterocycles. The molecule has 0 unspecified atom stereocenters. The summed E-state index contributed by atoms with van der Waals surface area (Å²) in [6.07, 6.45) is 13.6. The standard InChI is InChI=1S/C14H26N2O/c1-2-3-4-5-6-7-8-9-10-11-13-12-14(17)16-15-13/h2-12H2,1H3,(H,16,17). The zero-order valence-corrected chi connectivity index (χ0v) is 11.1. The maximum atomic E-state index is 10.9. The van der Waals surface area contributed by atoms with Crippen LogP contribution in [-0.2, 0) is 4.79 Å². The summed E-state index contributed by atoms with van der Waals surface area (Å²) in [6.45, 7) is 2.26. The lowest BCUT2D eigenvalue weighted by Gasteiger charge is -2.01. The fourth-order valence-electron chi connectivity index (χ4n) is 2.19. The molecule has 98 valence electrons. The maximum Gasteiger partial charge on any atom is 0.245 e. The summed E-state index contributed by atoms with van der Waals surface area (Å²) in [4.78, 5) is 10.9. The molecule has 0 fully saturated rings. The zero-order chi connectivity index (χ0) is 12.3. The Morgan fingerprint density at radius 2 is 1.59 bits per heavy atom. The number of unbranched alkanes of at least 4 members (excludes halogenated alkanes) is 8. The van der Waals surface area contributed by atoms with Gasteiger partial charge < -0.3 is 0 Å². The van der Waals surface area contributed by atoms with Gasteiger partial charge in [0.1, 0.15) is 0 Å². The SMILES string of the molecule is CCCCCCCCCCCC1=NNC(=O)C1. The summed E-state index contributed by atoms with van der Waals surface area (Å²) >= 11 is 0. The first kappa shape index (κ1) is 14.2. The molecule has 0 aromatic carbocycles. The van der Waals surface area contributed by atoms with Crippen molar-refractivity contribution in [1.82, 2.24) is 5.43 Å². The van der Waals surface area contributed by atoms with Crippen molar-refractivity contribution < 1.29 is 4.79 Å². The molecule has 1 N–H and O–H groups in total. The summed E-state index contributed by atoms with van der Waals surface area (Å²) in [5, 5.41) is 4.00. The molecule has 0 aromatic heterocycles. The van der Waals surface area contributed by atoms with Gasteiger partial charge in [0.2, 0.25) is 5.91 Å². The van der Waals surface area contributed by atoms with Crippen LogP contribution >= 0.6 is 0 Å². The number of rotatable bonds is 10. The number of hydrogen-bond donors (Lipinski definition) is 1. The largest absolute Gasteiger partial charge is 0.273 e. The normalized spacial score (nSPS) is 14.9. The van der Waals surface area contributed by atoms with E-state index >= 15 is 0 Å². The minimum Gasteiger partial charge on any atom is -0.273 e. The van der Waals surface area contributed by atoms with E-state index in [2.05, 4.69) is 17.5 Å². The Morgan fingerprint density at radius 3 is 2.12 bits per heavy atom. The number of carbonyl (C=O) groups excluding carboxylic acids is 1. The van der Waals surface area contributed by atoms with E-state index in [1.165, 1.54) is 57.8 Å². The van der Waals surface area contributed by atoms with E-state index in [9.17, 15) is 4.79 Å². The second-order valence-electron chi connectivity index (χ2n) is 4.97. The van der Waals surface area contributed by atoms with Crippen molar-refractivity contribution in [3.8, 4) is 0 Å². The molecule has 0 atom stereocenters. The van der Waals surface area contributed by atoms with Crippen LogP contribution in [0.15, 0.2) is 5.10 Å². The molecule has 0 saturated heterocycles. The number of carbonyl (C=O) groups is 1. The van der Waals surface area contributed by atoms with E-state index in [0.717, 1.165) is 12.1 Å². The average molecular weight is 238 g/mol. The lowest BCUT2D eigenvalue weighted by Crippen LogP contribution is -2.09. The van der Waals surface area contributed by atoms with Crippen molar-refractivity contribution in [1.29, 1.82) is 0 Å². The van der Waals surface area contributed by atoms with Gasteiger partial charge in [-0.25, -0.2) is 5.43 Å². The molecule has 17 heavy (non-hydrogen) atoms. The summed E-state index contributed by atoms with van der Waals surface area (Å²) in [7, 11) is 0. The molecule has 3 heteroatoms. The first-order valence-corrected chi connectivity index (χ1v) is 7.17.